The lowest BCUT2D eigenvalue weighted by Gasteiger charge is -2.31. The maximum atomic E-state index is 12.4. The summed E-state index contributed by atoms with van der Waals surface area (Å²) in [5.74, 6) is 1.19. The van der Waals surface area contributed by atoms with Crippen LogP contribution < -0.4 is 5.32 Å². The van der Waals surface area contributed by atoms with Gasteiger partial charge in [0.2, 0.25) is 5.91 Å². The molecule has 3 rings (SSSR count). The van der Waals surface area contributed by atoms with Gasteiger partial charge >= 0.3 is 0 Å². The van der Waals surface area contributed by atoms with Gasteiger partial charge in [-0.2, -0.15) is 0 Å². The fourth-order valence-electron chi connectivity index (χ4n) is 3.85. The van der Waals surface area contributed by atoms with Crippen LogP contribution >= 0.6 is 11.3 Å². The first-order valence-corrected chi connectivity index (χ1v) is 10.8. The van der Waals surface area contributed by atoms with Crippen molar-refractivity contribution in [1.29, 1.82) is 0 Å². The number of piperidine rings is 2. The van der Waals surface area contributed by atoms with E-state index in [1.54, 1.807) is 0 Å². The second-order valence-corrected chi connectivity index (χ2v) is 8.66. The van der Waals surface area contributed by atoms with E-state index in [1.807, 2.05) is 22.4 Å². The second kappa shape index (κ2) is 9.51. The quantitative estimate of drug-likeness (QED) is 0.776. The maximum absolute atomic E-state index is 12.4. The van der Waals surface area contributed by atoms with Gasteiger partial charge in [-0.1, -0.05) is 13.0 Å². The highest BCUT2D eigenvalue weighted by molar-refractivity contribution is 7.12. The van der Waals surface area contributed by atoms with Crippen molar-refractivity contribution in [2.24, 2.45) is 11.8 Å². The van der Waals surface area contributed by atoms with Gasteiger partial charge in [-0.15, -0.1) is 11.3 Å². The van der Waals surface area contributed by atoms with Crippen molar-refractivity contribution in [3.8, 4) is 0 Å². The number of nitrogens with one attached hydrogen (secondary N) is 1. The highest BCUT2D eigenvalue weighted by Gasteiger charge is 2.28. The summed E-state index contributed by atoms with van der Waals surface area (Å²) in [6.07, 6.45) is 5.17. The van der Waals surface area contributed by atoms with Gasteiger partial charge in [0, 0.05) is 25.6 Å². The summed E-state index contributed by atoms with van der Waals surface area (Å²) >= 11 is 1.48. The molecule has 2 amide bonds. The minimum absolute atomic E-state index is 0.0539. The van der Waals surface area contributed by atoms with E-state index in [1.165, 1.54) is 37.3 Å². The van der Waals surface area contributed by atoms with E-state index >= 15 is 0 Å². The number of likely N-dealkylation sites (tertiary alicyclic amines) is 2. The van der Waals surface area contributed by atoms with Crippen molar-refractivity contribution in [3.05, 3.63) is 22.4 Å². The molecule has 3 heterocycles. The van der Waals surface area contributed by atoms with E-state index in [2.05, 4.69) is 17.1 Å². The van der Waals surface area contributed by atoms with Gasteiger partial charge in [0.25, 0.3) is 5.91 Å². The Morgan fingerprint density at radius 1 is 1.15 bits per heavy atom. The molecule has 0 aromatic carbocycles. The van der Waals surface area contributed by atoms with Crippen LogP contribution in [0.3, 0.4) is 0 Å². The first-order valence-electron chi connectivity index (χ1n) is 9.96. The number of hydrogen-bond acceptors (Lipinski definition) is 4. The van der Waals surface area contributed by atoms with Crippen LogP contribution in [0.25, 0.3) is 0 Å². The third-order valence-corrected chi connectivity index (χ3v) is 6.57. The van der Waals surface area contributed by atoms with Crippen LogP contribution in [0.1, 0.15) is 48.7 Å². The Morgan fingerprint density at radius 3 is 2.54 bits per heavy atom. The standard InChI is InChI=1S/C20H31N3O2S/c1-16-5-11-22(12-6-16)10-3-9-21-19(24)17-7-13-23(14-8-17)20(25)18-4-2-15-26-18/h2,4,15-17H,3,5-14H2,1H3,(H,21,24). The second-order valence-electron chi connectivity index (χ2n) is 7.71. The highest BCUT2D eigenvalue weighted by Crippen LogP contribution is 2.21. The number of thiophene rings is 1. The Kier molecular flexibility index (Phi) is 7.08. The summed E-state index contributed by atoms with van der Waals surface area (Å²) in [5.41, 5.74) is 0. The van der Waals surface area contributed by atoms with Crippen LogP contribution in [-0.2, 0) is 4.79 Å². The molecule has 1 N–H and O–H groups in total. The molecule has 1 aromatic rings. The largest absolute Gasteiger partial charge is 0.356 e. The molecule has 5 nitrogen and oxygen atoms in total. The number of nitrogens with zero attached hydrogens (tertiary/aromatic N) is 2. The third kappa shape index (κ3) is 5.30. The molecule has 2 fully saturated rings. The van der Waals surface area contributed by atoms with Crippen molar-refractivity contribution in [3.63, 3.8) is 0 Å². The summed E-state index contributed by atoms with van der Waals surface area (Å²) in [6.45, 7) is 7.94. The van der Waals surface area contributed by atoms with Gasteiger partial charge in [-0.3, -0.25) is 9.59 Å². The van der Waals surface area contributed by atoms with Gasteiger partial charge in [0.1, 0.15) is 0 Å². The number of hydrogen-bond donors (Lipinski definition) is 1. The van der Waals surface area contributed by atoms with Crippen molar-refractivity contribution in [2.75, 3.05) is 39.3 Å². The van der Waals surface area contributed by atoms with E-state index in [9.17, 15) is 9.59 Å². The molecular formula is C20H31N3O2S. The predicted molar refractivity (Wildman–Crippen MR) is 105 cm³/mol. The molecule has 2 aliphatic rings. The SMILES string of the molecule is CC1CCN(CCCNC(=O)C2CCN(C(=O)c3cccs3)CC2)CC1. The number of carbonyl (C=O) groups excluding carboxylic acids is 2. The average molecular weight is 378 g/mol. The van der Waals surface area contributed by atoms with Crippen LogP contribution in [0.2, 0.25) is 0 Å². The van der Waals surface area contributed by atoms with Crippen LogP contribution in [0, 0.1) is 11.8 Å². The Bertz CT molecular complexity index is 574. The molecule has 0 bridgehead atoms. The fraction of sp³-hybridized carbons (Fsp3) is 0.700. The van der Waals surface area contributed by atoms with Crippen LogP contribution in [0.5, 0.6) is 0 Å². The van der Waals surface area contributed by atoms with Crippen molar-refractivity contribution in [1.82, 2.24) is 15.1 Å². The smallest absolute Gasteiger partial charge is 0.263 e. The van der Waals surface area contributed by atoms with Crippen LogP contribution in [0.15, 0.2) is 17.5 Å². The topological polar surface area (TPSA) is 52.7 Å². The predicted octanol–water partition coefficient (Wildman–Crippen LogP) is 2.84. The Morgan fingerprint density at radius 2 is 1.88 bits per heavy atom. The minimum atomic E-state index is 0.0539. The molecule has 1 aromatic heterocycles. The summed E-state index contributed by atoms with van der Waals surface area (Å²) < 4.78 is 0. The third-order valence-electron chi connectivity index (χ3n) is 5.71. The highest BCUT2D eigenvalue weighted by atomic mass is 32.1. The average Bonchev–Trinajstić information content (AvgIpc) is 3.21. The first kappa shape index (κ1) is 19.4. The van der Waals surface area contributed by atoms with Gasteiger partial charge in [0.05, 0.1) is 4.88 Å². The zero-order valence-corrected chi connectivity index (χ0v) is 16.6. The lowest BCUT2D eigenvalue weighted by atomic mass is 9.95. The van der Waals surface area contributed by atoms with E-state index in [0.29, 0.717) is 13.1 Å². The van der Waals surface area contributed by atoms with Gasteiger partial charge in [0.15, 0.2) is 0 Å². The van der Waals surface area contributed by atoms with E-state index < -0.39 is 0 Å². The number of carbonyl (C=O) groups is 2. The molecule has 0 saturated carbocycles. The zero-order valence-electron chi connectivity index (χ0n) is 15.8. The summed E-state index contributed by atoms with van der Waals surface area (Å²) in [7, 11) is 0. The summed E-state index contributed by atoms with van der Waals surface area (Å²) in [5, 5.41) is 5.03. The molecule has 6 heteroatoms. The van der Waals surface area contributed by atoms with Gasteiger partial charge < -0.3 is 15.1 Å². The lowest BCUT2D eigenvalue weighted by molar-refractivity contribution is -0.126. The van der Waals surface area contributed by atoms with E-state index in [0.717, 1.165) is 43.1 Å². The molecule has 0 spiro atoms. The Labute approximate surface area is 160 Å². The Hall–Kier alpha value is -1.40. The Balaban J connectivity index is 1.30. The molecule has 0 atom stereocenters. The number of amides is 2. The summed E-state index contributed by atoms with van der Waals surface area (Å²) in [6, 6.07) is 3.78. The minimum Gasteiger partial charge on any atom is -0.356 e. The zero-order chi connectivity index (χ0) is 18.4. The molecule has 0 unspecified atom stereocenters. The van der Waals surface area contributed by atoms with Crippen LogP contribution in [0.4, 0.5) is 0 Å². The fourth-order valence-corrected chi connectivity index (χ4v) is 4.54. The van der Waals surface area contributed by atoms with Gasteiger partial charge in [-0.25, -0.2) is 0 Å². The van der Waals surface area contributed by atoms with E-state index in [4.69, 9.17) is 0 Å². The van der Waals surface area contributed by atoms with Gasteiger partial charge in [-0.05, 0) is 69.1 Å². The monoisotopic (exact) mass is 377 g/mol. The van der Waals surface area contributed by atoms with Crippen molar-refractivity contribution < 1.29 is 9.59 Å². The normalized spacial score (nSPS) is 20.3. The lowest BCUT2D eigenvalue weighted by Crippen LogP contribution is -2.43. The maximum Gasteiger partial charge on any atom is 0.263 e. The number of rotatable bonds is 6. The molecular weight excluding hydrogens is 346 g/mol. The molecule has 0 aliphatic carbocycles. The first-order chi connectivity index (χ1) is 12.6. The van der Waals surface area contributed by atoms with Crippen LogP contribution in [-0.4, -0.2) is 60.9 Å². The van der Waals surface area contributed by atoms with Crippen molar-refractivity contribution in [2.45, 2.75) is 39.0 Å². The van der Waals surface area contributed by atoms with Crippen molar-refractivity contribution >= 4 is 23.2 Å². The molecule has 0 radical (unpaired) electrons. The molecule has 2 aliphatic heterocycles. The molecule has 144 valence electrons. The molecule has 26 heavy (non-hydrogen) atoms. The summed E-state index contributed by atoms with van der Waals surface area (Å²) in [4.78, 5) is 29.9. The molecule has 2 saturated heterocycles. The van der Waals surface area contributed by atoms with E-state index in [-0.39, 0.29) is 17.7 Å².